The molecule has 0 aliphatic heterocycles. The average Bonchev–Trinajstić information content (AvgIpc) is 3.12. The zero-order valence-corrected chi connectivity index (χ0v) is 16.3. The number of hydrogen-bond acceptors (Lipinski definition) is 7. The number of nitro groups is 1. The van der Waals surface area contributed by atoms with Crippen LogP contribution in [0.4, 0.5) is 0 Å². The monoisotopic (exact) mass is 390 g/mol. The fraction of sp³-hybridized carbons (Fsp3) is 0.368. The van der Waals surface area contributed by atoms with Gasteiger partial charge in [0.15, 0.2) is 5.82 Å². The fourth-order valence-corrected chi connectivity index (χ4v) is 3.17. The van der Waals surface area contributed by atoms with Crippen LogP contribution in [0, 0.1) is 10.1 Å². The van der Waals surface area contributed by atoms with E-state index in [0.29, 0.717) is 12.4 Å². The van der Waals surface area contributed by atoms with Gasteiger partial charge >= 0.3 is 0 Å². The van der Waals surface area contributed by atoms with Crippen LogP contribution in [0.25, 0.3) is 0 Å². The van der Waals surface area contributed by atoms with Gasteiger partial charge in [0.25, 0.3) is 6.20 Å². The van der Waals surface area contributed by atoms with E-state index in [1.807, 2.05) is 18.2 Å². The molecule has 0 fully saturated rings. The summed E-state index contributed by atoms with van der Waals surface area (Å²) in [6.07, 6.45) is 1.92. The number of thioether (sulfide) groups is 1. The summed E-state index contributed by atoms with van der Waals surface area (Å²) in [7, 11) is 1.65. The minimum absolute atomic E-state index is 0.405. The van der Waals surface area contributed by atoms with Gasteiger partial charge in [-0.15, -0.1) is 0 Å². The van der Waals surface area contributed by atoms with Crippen molar-refractivity contribution in [3.05, 3.63) is 81.7 Å². The van der Waals surface area contributed by atoms with Gasteiger partial charge in [0, 0.05) is 19.3 Å². The molecule has 2 aromatic rings. The maximum Gasteiger partial charge on any atom is 0.274 e. The van der Waals surface area contributed by atoms with E-state index >= 15 is 0 Å². The van der Waals surface area contributed by atoms with Crippen molar-refractivity contribution in [3.8, 4) is 0 Å². The van der Waals surface area contributed by atoms with Crippen molar-refractivity contribution >= 4 is 11.8 Å². The molecular formula is C19H26N4O3S. The van der Waals surface area contributed by atoms with E-state index in [4.69, 9.17) is 4.42 Å². The van der Waals surface area contributed by atoms with Crippen LogP contribution in [0.5, 0.6) is 0 Å². The summed E-state index contributed by atoms with van der Waals surface area (Å²) >= 11 is 1.72. The summed E-state index contributed by atoms with van der Waals surface area (Å²) in [4.78, 5) is 9.96. The number of furan rings is 1. The molecule has 1 heterocycles. The lowest BCUT2D eigenvalue weighted by molar-refractivity contribution is -0.404. The summed E-state index contributed by atoms with van der Waals surface area (Å²) < 4.78 is 5.82. The molecule has 1 aromatic heterocycles. The normalized spacial score (nSPS) is 11.4. The Morgan fingerprint density at radius 3 is 2.70 bits per heavy atom. The highest BCUT2D eigenvalue weighted by atomic mass is 32.2. The molecule has 0 aliphatic rings. The van der Waals surface area contributed by atoms with Gasteiger partial charge in [0.1, 0.15) is 11.5 Å². The van der Waals surface area contributed by atoms with Crippen LogP contribution in [0.3, 0.4) is 0 Å². The minimum atomic E-state index is -0.482. The van der Waals surface area contributed by atoms with E-state index in [-0.39, 0.29) is 0 Å². The highest BCUT2D eigenvalue weighted by Crippen LogP contribution is 2.15. The Kier molecular flexibility index (Phi) is 9.29. The summed E-state index contributed by atoms with van der Waals surface area (Å²) in [5, 5.41) is 19.6. The maximum absolute atomic E-state index is 10.4. The van der Waals surface area contributed by atoms with E-state index in [0.717, 1.165) is 48.7 Å². The molecule has 0 atom stereocenters. The molecule has 0 saturated carbocycles. The number of rotatable bonds is 13. The zero-order valence-electron chi connectivity index (χ0n) is 15.4. The van der Waals surface area contributed by atoms with E-state index in [9.17, 15) is 10.1 Å². The van der Waals surface area contributed by atoms with Crippen LogP contribution in [0.15, 0.2) is 58.9 Å². The molecule has 146 valence electrons. The van der Waals surface area contributed by atoms with Crippen LogP contribution >= 0.6 is 11.8 Å². The van der Waals surface area contributed by atoms with Crippen molar-refractivity contribution in [1.29, 1.82) is 0 Å². The van der Waals surface area contributed by atoms with Crippen LogP contribution in [-0.4, -0.2) is 30.8 Å². The van der Waals surface area contributed by atoms with Gasteiger partial charge in [-0.3, -0.25) is 10.1 Å². The Morgan fingerprint density at radius 1 is 1.19 bits per heavy atom. The minimum Gasteiger partial charge on any atom is -0.464 e. The molecule has 0 unspecified atom stereocenters. The molecule has 2 rings (SSSR count). The second-order valence-corrected chi connectivity index (χ2v) is 6.94. The molecule has 0 bridgehead atoms. The van der Waals surface area contributed by atoms with Crippen LogP contribution < -0.4 is 16.0 Å². The van der Waals surface area contributed by atoms with Gasteiger partial charge in [-0.25, -0.2) is 0 Å². The average molecular weight is 391 g/mol. The maximum atomic E-state index is 10.4. The molecular weight excluding hydrogens is 364 g/mol. The molecule has 1 aromatic carbocycles. The van der Waals surface area contributed by atoms with Crippen molar-refractivity contribution in [2.75, 3.05) is 25.9 Å². The van der Waals surface area contributed by atoms with Crippen molar-refractivity contribution < 1.29 is 9.34 Å². The Labute approximate surface area is 163 Å². The molecule has 27 heavy (non-hydrogen) atoms. The van der Waals surface area contributed by atoms with E-state index in [1.54, 1.807) is 18.8 Å². The smallest absolute Gasteiger partial charge is 0.274 e. The Hall–Kier alpha value is -2.45. The van der Waals surface area contributed by atoms with Gasteiger partial charge in [-0.05, 0) is 30.7 Å². The molecule has 0 aliphatic carbocycles. The van der Waals surface area contributed by atoms with Gasteiger partial charge in [-0.1, -0.05) is 30.3 Å². The first-order valence-corrected chi connectivity index (χ1v) is 10.00. The van der Waals surface area contributed by atoms with Crippen molar-refractivity contribution in [1.82, 2.24) is 16.0 Å². The predicted molar refractivity (Wildman–Crippen MR) is 109 cm³/mol. The molecule has 0 saturated heterocycles. The fourth-order valence-electron chi connectivity index (χ4n) is 2.42. The lowest BCUT2D eigenvalue weighted by atomic mass is 10.1. The SMILES string of the molecule is CNC(=C[N+](=O)[O-])NCCSCc1ccc(CNCCc2ccccc2)o1. The van der Waals surface area contributed by atoms with Gasteiger partial charge < -0.3 is 20.4 Å². The van der Waals surface area contributed by atoms with Crippen molar-refractivity contribution in [3.63, 3.8) is 0 Å². The lowest BCUT2D eigenvalue weighted by Crippen LogP contribution is -2.26. The molecule has 0 spiro atoms. The van der Waals surface area contributed by atoms with Crippen LogP contribution in [0.2, 0.25) is 0 Å². The van der Waals surface area contributed by atoms with Crippen LogP contribution in [-0.2, 0) is 18.7 Å². The third-order valence-electron chi connectivity index (χ3n) is 3.76. The first-order chi connectivity index (χ1) is 13.2. The molecule has 0 radical (unpaired) electrons. The van der Waals surface area contributed by atoms with E-state index < -0.39 is 4.92 Å². The molecule has 7 nitrogen and oxygen atoms in total. The standard InChI is InChI=1S/C19H26N4O3S/c1-20-19(14-23(24)25)22-11-12-27-15-18-8-7-17(26-18)13-21-10-9-16-5-3-2-4-6-16/h2-8,14,20-22H,9-13,15H2,1H3. The summed E-state index contributed by atoms with van der Waals surface area (Å²) in [6.45, 7) is 2.27. The number of nitrogens with one attached hydrogen (secondary N) is 3. The Morgan fingerprint density at radius 2 is 1.96 bits per heavy atom. The first kappa shape index (κ1) is 20.9. The van der Waals surface area contributed by atoms with Crippen molar-refractivity contribution in [2.45, 2.75) is 18.7 Å². The highest BCUT2D eigenvalue weighted by Gasteiger charge is 2.03. The molecule has 8 heteroatoms. The van der Waals surface area contributed by atoms with Crippen LogP contribution in [0.1, 0.15) is 17.1 Å². The van der Waals surface area contributed by atoms with E-state index in [2.05, 4.69) is 40.2 Å². The van der Waals surface area contributed by atoms with E-state index in [1.165, 1.54) is 5.56 Å². The largest absolute Gasteiger partial charge is 0.464 e. The number of benzene rings is 1. The Balaban J connectivity index is 1.58. The van der Waals surface area contributed by atoms with Gasteiger partial charge in [0.2, 0.25) is 0 Å². The number of nitrogens with zero attached hydrogens (tertiary/aromatic N) is 1. The predicted octanol–water partition coefficient (Wildman–Crippen LogP) is 2.73. The Bertz CT molecular complexity index is 719. The summed E-state index contributed by atoms with van der Waals surface area (Å²) in [6, 6.07) is 14.4. The quantitative estimate of drug-likeness (QED) is 0.275. The molecule has 3 N–H and O–H groups in total. The number of hydrogen-bond donors (Lipinski definition) is 3. The summed E-state index contributed by atoms with van der Waals surface area (Å²) in [5.74, 6) is 3.88. The third-order valence-corrected chi connectivity index (χ3v) is 4.74. The van der Waals surface area contributed by atoms with Crippen molar-refractivity contribution in [2.24, 2.45) is 0 Å². The second-order valence-electron chi connectivity index (χ2n) is 5.84. The second kappa shape index (κ2) is 12.0. The zero-order chi connectivity index (χ0) is 19.3. The highest BCUT2D eigenvalue weighted by molar-refractivity contribution is 7.98. The summed E-state index contributed by atoms with van der Waals surface area (Å²) in [5.41, 5.74) is 1.32. The first-order valence-electron chi connectivity index (χ1n) is 8.84. The van der Waals surface area contributed by atoms with Gasteiger partial charge in [-0.2, -0.15) is 11.8 Å². The molecule has 0 amide bonds. The van der Waals surface area contributed by atoms with Gasteiger partial charge in [0.05, 0.1) is 17.2 Å². The third kappa shape index (κ3) is 8.65. The lowest BCUT2D eigenvalue weighted by Gasteiger charge is -2.07. The topological polar surface area (TPSA) is 92.4 Å².